The molecule has 5 nitrogen and oxygen atoms in total. The van der Waals surface area contributed by atoms with Crippen molar-refractivity contribution in [2.24, 2.45) is 0 Å². The minimum atomic E-state index is -0.583. The van der Waals surface area contributed by atoms with Gasteiger partial charge in [-0.1, -0.05) is 0 Å². The minimum absolute atomic E-state index is 0.115. The van der Waals surface area contributed by atoms with E-state index in [-0.39, 0.29) is 5.56 Å². The van der Waals surface area contributed by atoms with Crippen LogP contribution in [0.15, 0.2) is 42.7 Å². The molecule has 0 spiro atoms. The first kappa shape index (κ1) is 14.6. The van der Waals surface area contributed by atoms with Crippen molar-refractivity contribution in [1.82, 2.24) is 4.98 Å². The molecule has 0 radical (unpaired) electrons. The fourth-order valence-corrected chi connectivity index (χ4v) is 1.64. The Kier molecular flexibility index (Phi) is 4.61. The van der Waals surface area contributed by atoms with Crippen molar-refractivity contribution in [1.29, 1.82) is 0 Å². The van der Waals surface area contributed by atoms with E-state index in [4.69, 9.17) is 4.74 Å². The summed E-state index contributed by atoms with van der Waals surface area (Å²) >= 11 is 0. The first-order chi connectivity index (χ1) is 10.1. The first-order valence-electron chi connectivity index (χ1n) is 6.29. The molecular weight excluding hydrogens is 275 g/mol. The van der Waals surface area contributed by atoms with Gasteiger partial charge in [-0.2, -0.15) is 0 Å². The van der Waals surface area contributed by atoms with E-state index in [1.54, 1.807) is 19.1 Å². The molecule has 0 atom stereocenters. The molecule has 108 valence electrons. The number of esters is 1. The van der Waals surface area contributed by atoms with Crippen molar-refractivity contribution < 1.29 is 18.7 Å². The molecule has 6 heteroatoms. The minimum Gasteiger partial charge on any atom is -0.462 e. The number of rotatable bonds is 4. The number of anilines is 1. The normalized spacial score (nSPS) is 10.0. The van der Waals surface area contributed by atoms with Crippen molar-refractivity contribution in [3.8, 4) is 0 Å². The molecule has 1 N–H and O–H groups in total. The zero-order valence-electron chi connectivity index (χ0n) is 11.3. The van der Waals surface area contributed by atoms with Gasteiger partial charge >= 0.3 is 5.97 Å². The summed E-state index contributed by atoms with van der Waals surface area (Å²) in [4.78, 5) is 27.0. The maximum Gasteiger partial charge on any atom is 0.338 e. The summed E-state index contributed by atoms with van der Waals surface area (Å²) in [5.41, 5.74) is 0.990. The van der Waals surface area contributed by atoms with Crippen molar-refractivity contribution >= 4 is 17.6 Å². The Morgan fingerprint density at radius 1 is 1.19 bits per heavy atom. The highest BCUT2D eigenvalue weighted by atomic mass is 19.1. The molecule has 0 bridgehead atoms. The summed E-state index contributed by atoms with van der Waals surface area (Å²) < 4.78 is 17.8. The summed E-state index contributed by atoms with van der Waals surface area (Å²) in [5.74, 6) is -1.49. The quantitative estimate of drug-likeness (QED) is 0.878. The smallest absolute Gasteiger partial charge is 0.338 e. The number of pyridine rings is 1. The van der Waals surface area contributed by atoms with E-state index < -0.39 is 17.7 Å². The van der Waals surface area contributed by atoms with E-state index in [1.165, 1.54) is 18.3 Å². The summed E-state index contributed by atoms with van der Waals surface area (Å²) in [5, 5.41) is 2.59. The average Bonchev–Trinajstić information content (AvgIpc) is 2.48. The number of benzene rings is 1. The highest BCUT2D eigenvalue weighted by Crippen LogP contribution is 2.12. The second-order valence-electron chi connectivity index (χ2n) is 4.14. The number of carbonyl (C=O) groups excluding carboxylic acids is 2. The lowest BCUT2D eigenvalue weighted by molar-refractivity contribution is 0.0526. The molecule has 2 rings (SSSR count). The fraction of sp³-hybridized carbons (Fsp3) is 0.133. The van der Waals surface area contributed by atoms with Gasteiger partial charge in [0.25, 0.3) is 5.91 Å². The molecule has 0 aliphatic rings. The molecule has 1 amide bonds. The van der Waals surface area contributed by atoms with Gasteiger partial charge in [-0.15, -0.1) is 0 Å². The molecule has 2 aromatic rings. The average molecular weight is 288 g/mol. The summed E-state index contributed by atoms with van der Waals surface area (Å²) in [6.45, 7) is 2.02. The second kappa shape index (κ2) is 6.60. The lowest BCUT2D eigenvalue weighted by Crippen LogP contribution is -2.12. The van der Waals surface area contributed by atoms with Crippen molar-refractivity contribution in [2.45, 2.75) is 6.92 Å². The lowest BCUT2D eigenvalue weighted by atomic mass is 10.2. The van der Waals surface area contributed by atoms with Crippen LogP contribution in [0.25, 0.3) is 0 Å². The van der Waals surface area contributed by atoms with Gasteiger partial charge in [0.05, 0.1) is 23.9 Å². The number of carbonyl (C=O) groups is 2. The van der Waals surface area contributed by atoms with Gasteiger partial charge in [0, 0.05) is 11.9 Å². The van der Waals surface area contributed by atoms with Crippen LogP contribution in [0.5, 0.6) is 0 Å². The van der Waals surface area contributed by atoms with Gasteiger partial charge in [0.2, 0.25) is 0 Å². The predicted octanol–water partition coefficient (Wildman–Crippen LogP) is 2.65. The van der Waals surface area contributed by atoms with Crippen molar-refractivity contribution in [2.75, 3.05) is 11.9 Å². The molecule has 0 aliphatic carbocycles. The Balaban J connectivity index is 2.06. The highest BCUT2D eigenvalue weighted by molar-refractivity contribution is 6.04. The van der Waals surface area contributed by atoms with E-state index in [1.807, 2.05) is 0 Å². The molecule has 0 saturated heterocycles. The number of halogens is 1. The van der Waals surface area contributed by atoms with E-state index >= 15 is 0 Å². The predicted molar refractivity (Wildman–Crippen MR) is 74.5 cm³/mol. The third-order valence-corrected chi connectivity index (χ3v) is 2.62. The Bertz CT molecular complexity index is 656. The van der Waals surface area contributed by atoms with Crippen LogP contribution in [0.2, 0.25) is 0 Å². The summed E-state index contributed by atoms with van der Waals surface area (Å²) in [6, 6.07) is 7.30. The van der Waals surface area contributed by atoms with E-state index in [2.05, 4.69) is 10.3 Å². The largest absolute Gasteiger partial charge is 0.462 e. The zero-order chi connectivity index (χ0) is 15.2. The van der Waals surface area contributed by atoms with Crippen molar-refractivity contribution in [3.05, 3.63) is 59.7 Å². The van der Waals surface area contributed by atoms with Crippen LogP contribution in [-0.4, -0.2) is 23.5 Å². The van der Waals surface area contributed by atoms with Gasteiger partial charge in [-0.3, -0.25) is 9.78 Å². The van der Waals surface area contributed by atoms with Crippen LogP contribution in [0.3, 0.4) is 0 Å². The Morgan fingerprint density at radius 3 is 2.52 bits per heavy atom. The number of nitrogens with zero attached hydrogens (tertiary/aromatic N) is 1. The molecular formula is C15H13FN2O3. The van der Waals surface area contributed by atoms with Gasteiger partial charge in [0.1, 0.15) is 5.82 Å². The zero-order valence-corrected chi connectivity index (χ0v) is 11.3. The fourth-order valence-electron chi connectivity index (χ4n) is 1.64. The molecule has 1 heterocycles. The third-order valence-electron chi connectivity index (χ3n) is 2.62. The number of aromatic nitrogens is 1. The number of hydrogen-bond donors (Lipinski definition) is 1. The topological polar surface area (TPSA) is 68.3 Å². The summed E-state index contributed by atoms with van der Waals surface area (Å²) in [6.07, 6.45) is 2.29. The van der Waals surface area contributed by atoms with Gasteiger partial charge < -0.3 is 10.1 Å². The first-order valence-corrected chi connectivity index (χ1v) is 6.29. The molecule has 1 aromatic heterocycles. The van der Waals surface area contributed by atoms with Crippen LogP contribution in [0.1, 0.15) is 27.6 Å². The van der Waals surface area contributed by atoms with Crippen LogP contribution < -0.4 is 5.32 Å². The van der Waals surface area contributed by atoms with Crippen LogP contribution in [0, 0.1) is 5.82 Å². The third kappa shape index (κ3) is 3.85. The number of ether oxygens (including phenoxy) is 1. The Labute approximate surface area is 120 Å². The van der Waals surface area contributed by atoms with Crippen LogP contribution in [-0.2, 0) is 4.74 Å². The van der Waals surface area contributed by atoms with Gasteiger partial charge in [0.15, 0.2) is 0 Å². The summed E-state index contributed by atoms with van der Waals surface area (Å²) in [7, 11) is 0. The molecule has 0 unspecified atom stereocenters. The van der Waals surface area contributed by atoms with Crippen LogP contribution >= 0.6 is 0 Å². The SMILES string of the molecule is CCOC(=O)c1ccc(NC(=O)c2cncc(F)c2)cc1. The Morgan fingerprint density at radius 2 is 1.90 bits per heavy atom. The molecule has 1 aromatic carbocycles. The molecule has 0 fully saturated rings. The van der Waals surface area contributed by atoms with Gasteiger partial charge in [-0.25, -0.2) is 9.18 Å². The molecule has 0 aliphatic heterocycles. The van der Waals surface area contributed by atoms with E-state index in [9.17, 15) is 14.0 Å². The number of amides is 1. The number of nitrogens with one attached hydrogen (secondary N) is 1. The molecule has 0 saturated carbocycles. The highest BCUT2D eigenvalue weighted by Gasteiger charge is 2.09. The maximum absolute atomic E-state index is 13.0. The van der Waals surface area contributed by atoms with Crippen molar-refractivity contribution in [3.63, 3.8) is 0 Å². The lowest BCUT2D eigenvalue weighted by Gasteiger charge is -2.06. The number of hydrogen-bond acceptors (Lipinski definition) is 4. The van der Waals surface area contributed by atoms with Crippen LogP contribution in [0.4, 0.5) is 10.1 Å². The van der Waals surface area contributed by atoms with Gasteiger partial charge in [-0.05, 0) is 37.3 Å². The maximum atomic E-state index is 13.0. The van der Waals surface area contributed by atoms with E-state index in [0.29, 0.717) is 17.9 Å². The van der Waals surface area contributed by atoms with E-state index in [0.717, 1.165) is 12.3 Å². The molecule has 21 heavy (non-hydrogen) atoms. The monoisotopic (exact) mass is 288 g/mol. The second-order valence-corrected chi connectivity index (χ2v) is 4.14. The Hall–Kier alpha value is -2.76. The standard InChI is InChI=1S/C15H13FN2O3/c1-2-21-15(20)10-3-5-13(6-4-10)18-14(19)11-7-12(16)9-17-8-11/h3-9H,2H2,1H3,(H,18,19).